The summed E-state index contributed by atoms with van der Waals surface area (Å²) < 4.78 is 135. The van der Waals surface area contributed by atoms with Gasteiger partial charge in [0, 0.05) is 27.1 Å². The Hall–Kier alpha value is -2.99. The first kappa shape index (κ1) is 72.3. The lowest BCUT2D eigenvalue weighted by molar-refractivity contribution is -0.428. The van der Waals surface area contributed by atoms with Crippen molar-refractivity contribution >= 4 is 40.9 Å². The topological polar surface area (TPSA) is 396 Å². The Morgan fingerprint density at radius 3 is 2.00 bits per heavy atom. The van der Waals surface area contributed by atoms with Gasteiger partial charge < -0.3 is 140 Å². The minimum absolute atomic E-state index is 0.0142. The van der Waals surface area contributed by atoms with Crippen molar-refractivity contribution < 1.29 is 154 Å². The molecule has 10 fully saturated rings. The van der Waals surface area contributed by atoms with Crippen molar-refractivity contribution in [1.29, 1.82) is 0 Å². The van der Waals surface area contributed by atoms with Gasteiger partial charge in [-0.3, -0.25) is 9.59 Å². The molecule has 34 heteroatoms. The summed E-state index contributed by atoms with van der Waals surface area (Å²) >= 11 is 12.5. The number of aliphatic hydroxyl groups is 6. The van der Waals surface area contributed by atoms with Crippen molar-refractivity contribution in [3.05, 3.63) is 21.2 Å². The monoisotopic (exact) mass is 1390 g/mol. The van der Waals surface area contributed by atoms with E-state index in [0.29, 0.717) is 0 Å². The van der Waals surface area contributed by atoms with E-state index in [0.717, 1.165) is 0 Å². The lowest BCUT2D eigenvalue weighted by Gasteiger charge is -2.49. The summed E-state index contributed by atoms with van der Waals surface area (Å²) in [6, 6.07) is 0. The molecule has 0 aromatic heterocycles. The van der Waals surface area contributed by atoms with Crippen molar-refractivity contribution in [3.8, 4) is 11.5 Å². The van der Waals surface area contributed by atoms with Gasteiger partial charge in [-0.15, -0.1) is 0 Å². The van der Waals surface area contributed by atoms with E-state index in [4.69, 9.17) is 127 Å². The number of ether oxygens (including phenoxy) is 22. The molecular formula is C60H86Cl2O32. The Kier molecular flexibility index (Phi) is 21.4. The van der Waals surface area contributed by atoms with Crippen LogP contribution in [0.1, 0.15) is 97.5 Å². The van der Waals surface area contributed by atoms with Crippen LogP contribution < -0.4 is 4.74 Å². The highest BCUT2D eigenvalue weighted by Crippen LogP contribution is 2.53. The van der Waals surface area contributed by atoms with Gasteiger partial charge in [-0.05, 0) is 61.0 Å². The Morgan fingerprint density at radius 2 is 1.34 bits per heavy atom. The Labute approximate surface area is 550 Å². The van der Waals surface area contributed by atoms with Gasteiger partial charge in [0.1, 0.15) is 96.2 Å². The lowest BCUT2D eigenvalue weighted by atomic mass is 9.81. The number of halogens is 2. The van der Waals surface area contributed by atoms with E-state index in [1.807, 2.05) is 0 Å². The molecule has 11 rings (SSSR count). The predicted molar refractivity (Wildman–Crippen MR) is 308 cm³/mol. The number of fused-ring (bicyclic) bond motifs is 4. The highest BCUT2D eigenvalue weighted by atomic mass is 35.5. The fraction of sp³-hybridized carbons (Fsp3) is 0.850. The van der Waals surface area contributed by atoms with E-state index >= 15 is 0 Å². The van der Waals surface area contributed by atoms with E-state index in [9.17, 15) is 50.1 Å². The fourth-order valence-corrected chi connectivity index (χ4v) is 14.8. The number of aliphatic hydroxyl groups excluding tert-OH is 5. The second kappa shape index (κ2) is 27.9. The number of hydrogen-bond donors (Lipinski definition) is 7. The number of hydrogen-bond acceptors (Lipinski definition) is 32. The molecule has 31 unspecified atom stereocenters. The number of phenols is 1. The van der Waals surface area contributed by atoms with Gasteiger partial charge >= 0.3 is 17.9 Å². The molecule has 10 aliphatic rings. The molecule has 94 heavy (non-hydrogen) atoms. The van der Waals surface area contributed by atoms with Crippen LogP contribution in [0.15, 0.2) is 0 Å². The van der Waals surface area contributed by atoms with Gasteiger partial charge in [-0.1, -0.05) is 37.0 Å². The first-order valence-corrected chi connectivity index (χ1v) is 32.1. The number of rotatable bonds is 17. The molecule has 10 saturated heterocycles. The molecule has 0 amide bonds. The summed E-state index contributed by atoms with van der Waals surface area (Å²) in [6.07, 6.45) is -34.6. The number of Topliss-reactive ketones (excluding diaryl/α,β-unsaturated/α-hetero) is 1. The van der Waals surface area contributed by atoms with Crippen LogP contribution in [0.25, 0.3) is 0 Å². The summed E-state index contributed by atoms with van der Waals surface area (Å²) in [4.78, 5) is 39.7. The van der Waals surface area contributed by atoms with Gasteiger partial charge in [0.05, 0.1) is 80.4 Å². The number of phenolic OH excluding ortho intramolecular Hbond substituents is 1. The summed E-state index contributed by atoms with van der Waals surface area (Å²) in [5, 5.41) is 80.4. The first-order valence-electron chi connectivity index (χ1n) is 31.3. The van der Waals surface area contributed by atoms with Gasteiger partial charge in [-0.25, -0.2) is 4.79 Å². The summed E-state index contributed by atoms with van der Waals surface area (Å²) in [5.41, 5.74) is -3.37. The molecule has 10 aliphatic heterocycles. The van der Waals surface area contributed by atoms with Gasteiger partial charge in [0.25, 0.3) is 5.97 Å². The third-order valence-electron chi connectivity index (χ3n) is 19.1. The number of esters is 2. The standard InChI is InChI=1S/C60H86Cl2O32/c1-20(2)52(70)86-48-45-31(91-60(92-45)51-50(77-19-78-51)59(72,26(8)63)27(9)90-60)18-76-56(48)88-54-39(68)38(67)44(30(82-54)17-73-11)87-55-40(69)47(43(74-12)23(5)81-55)84-33-16-57(10)49(25(7)80-33)93-58(94-57)15-29(65)42(24(6)89-58)83-32-14-28(64)41(22(4)79-32)85-53(71)34-21(3)35(61)37(66)36(62)46(34)75-13/h20,22-25,27-33,38-45,47-51,54-56,64-69,72H,14-19H2,1-13H3. The van der Waals surface area contributed by atoms with Crippen molar-refractivity contribution in [1.82, 2.24) is 0 Å². The molecule has 7 N–H and O–H groups in total. The lowest BCUT2D eigenvalue weighted by Crippen LogP contribution is -2.72. The van der Waals surface area contributed by atoms with Gasteiger partial charge in [-0.2, -0.15) is 0 Å². The minimum Gasteiger partial charge on any atom is -0.505 e. The van der Waals surface area contributed by atoms with Crippen LogP contribution in [0.5, 0.6) is 11.5 Å². The second-order valence-corrected chi connectivity index (χ2v) is 26.8. The number of ketones is 1. The van der Waals surface area contributed by atoms with Crippen LogP contribution in [0.4, 0.5) is 0 Å². The van der Waals surface area contributed by atoms with Crippen LogP contribution in [-0.2, 0) is 109 Å². The Morgan fingerprint density at radius 1 is 0.660 bits per heavy atom. The number of carbonyl (C=O) groups excluding carboxylic acids is 3. The van der Waals surface area contributed by atoms with E-state index < -0.39 is 218 Å². The molecule has 0 saturated carbocycles. The minimum atomic E-state index is -2.14. The predicted octanol–water partition coefficient (Wildman–Crippen LogP) is 0.398. The molecule has 2 spiro atoms. The molecule has 0 radical (unpaired) electrons. The third kappa shape index (κ3) is 13.0. The normalized spacial score (nSPS) is 47.7. The molecule has 1 aromatic rings. The molecule has 32 nitrogen and oxygen atoms in total. The van der Waals surface area contributed by atoms with Crippen LogP contribution in [-0.4, -0.2) is 284 Å². The molecule has 532 valence electrons. The summed E-state index contributed by atoms with van der Waals surface area (Å²) in [7, 11) is 4.00. The zero-order valence-electron chi connectivity index (χ0n) is 54.0. The Bertz CT molecular complexity index is 2870. The number of benzene rings is 1. The number of aromatic hydroxyl groups is 1. The summed E-state index contributed by atoms with van der Waals surface area (Å²) in [5.74, 6) is -7.53. The molecule has 0 aliphatic carbocycles. The Balaban J connectivity index is 0.715. The highest BCUT2D eigenvalue weighted by Gasteiger charge is 2.73. The first-order chi connectivity index (χ1) is 44.3. The van der Waals surface area contributed by atoms with Crippen LogP contribution in [0, 0.1) is 12.8 Å². The molecular weight excluding hydrogens is 1300 g/mol. The van der Waals surface area contributed by atoms with Crippen molar-refractivity contribution in [2.24, 2.45) is 5.92 Å². The second-order valence-electron chi connectivity index (χ2n) is 26.0. The fourth-order valence-electron chi connectivity index (χ4n) is 14.3. The smallest absolute Gasteiger partial charge is 0.342 e. The van der Waals surface area contributed by atoms with E-state index in [-0.39, 0.29) is 66.2 Å². The zero-order chi connectivity index (χ0) is 68.2. The van der Waals surface area contributed by atoms with E-state index in [2.05, 4.69) is 0 Å². The quantitative estimate of drug-likeness (QED) is 0.104. The van der Waals surface area contributed by atoms with Gasteiger partial charge in [0.15, 0.2) is 66.4 Å². The number of carbonyl (C=O) groups is 3. The van der Waals surface area contributed by atoms with E-state index in [1.54, 1.807) is 48.5 Å². The van der Waals surface area contributed by atoms with E-state index in [1.165, 1.54) is 42.1 Å². The average Bonchev–Trinajstić information content (AvgIpc) is 1.51. The molecule has 31 atom stereocenters. The maximum absolute atomic E-state index is 13.5. The van der Waals surface area contributed by atoms with Crippen molar-refractivity contribution in [2.75, 3.05) is 41.3 Å². The number of methoxy groups -OCH3 is 3. The zero-order valence-corrected chi connectivity index (χ0v) is 55.5. The molecule has 1 aromatic carbocycles. The van der Waals surface area contributed by atoms with Crippen LogP contribution in [0.2, 0.25) is 10.0 Å². The van der Waals surface area contributed by atoms with Crippen molar-refractivity contribution in [3.63, 3.8) is 0 Å². The molecule has 10 heterocycles. The molecule has 0 bridgehead atoms. The average molecular weight is 1390 g/mol. The highest BCUT2D eigenvalue weighted by molar-refractivity contribution is 6.39. The van der Waals surface area contributed by atoms with Crippen LogP contribution in [0.3, 0.4) is 0 Å². The maximum atomic E-state index is 13.5. The maximum Gasteiger partial charge on any atom is 0.342 e. The largest absolute Gasteiger partial charge is 0.505 e. The van der Waals surface area contributed by atoms with Gasteiger partial charge in [0.2, 0.25) is 6.29 Å². The SMILES string of the molecule is COCC1OC(OC2OCC3OC4(OC3C2OC(=O)C(C)C)OC(C)C(O)(C(C)=O)C2OCOC24)C(O)C(O)C1OC1OC(C)C(OC)C(OC2CC3(C)OC4(CC(O)C(OC5CC(O)C(OC(=O)c6c(C)c(Cl)c(O)c(Cl)c6OC)C(C)O5)C(C)O4)OC3C(C)O2)C1O. The third-order valence-corrected chi connectivity index (χ3v) is 20.0. The van der Waals surface area contributed by atoms with Crippen LogP contribution >= 0.6 is 23.2 Å². The van der Waals surface area contributed by atoms with Crippen molar-refractivity contribution in [2.45, 2.75) is 277 Å². The summed E-state index contributed by atoms with van der Waals surface area (Å²) in [6.45, 7) is 14.7.